The average molecular weight is 377 g/mol. The predicted octanol–water partition coefficient (Wildman–Crippen LogP) is 2.57. The molecular formula is C12H11Br2NO3. The summed E-state index contributed by atoms with van der Waals surface area (Å²) >= 11 is 6.67. The molecule has 0 aliphatic carbocycles. The molecule has 1 fully saturated rings. The van der Waals surface area contributed by atoms with Gasteiger partial charge < -0.3 is 10.0 Å². The summed E-state index contributed by atoms with van der Waals surface area (Å²) in [6.45, 7) is 0.419. The Labute approximate surface area is 121 Å². The van der Waals surface area contributed by atoms with Crippen molar-refractivity contribution in [3.8, 4) is 0 Å². The van der Waals surface area contributed by atoms with Crippen LogP contribution in [-0.4, -0.2) is 33.3 Å². The van der Waals surface area contributed by atoms with Gasteiger partial charge in [0.2, 0.25) is 5.91 Å². The van der Waals surface area contributed by atoms with Gasteiger partial charge in [-0.1, -0.05) is 44.0 Å². The highest BCUT2D eigenvalue weighted by molar-refractivity contribution is 9.10. The van der Waals surface area contributed by atoms with Crippen LogP contribution in [0.5, 0.6) is 0 Å². The zero-order valence-electron chi connectivity index (χ0n) is 9.35. The molecule has 1 heterocycles. The molecule has 0 saturated carbocycles. The fourth-order valence-corrected chi connectivity index (χ4v) is 3.07. The Balaban J connectivity index is 2.35. The van der Waals surface area contributed by atoms with Gasteiger partial charge in [0.05, 0.1) is 0 Å². The van der Waals surface area contributed by atoms with Crippen molar-refractivity contribution in [3.63, 3.8) is 0 Å². The van der Waals surface area contributed by atoms with Crippen LogP contribution in [0.25, 0.3) is 0 Å². The quantitative estimate of drug-likeness (QED) is 0.825. The van der Waals surface area contributed by atoms with Gasteiger partial charge in [0, 0.05) is 22.3 Å². The van der Waals surface area contributed by atoms with E-state index in [1.807, 2.05) is 6.07 Å². The Hall–Kier alpha value is -0.880. The van der Waals surface area contributed by atoms with Crippen molar-refractivity contribution in [2.24, 2.45) is 0 Å². The number of halogens is 2. The van der Waals surface area contributed by atoms with E-state index in [0.717, 1.165) is 4.47 Å². The maximum absolute atomic E-state index is 11.8. The molecule has 2 rings (SSSR count). The molecule has 1 N–H and O–H groups in total. The highest BCUT2D eigenvalue weighted by atomic mass is 79.9. The second-order valence-electron chi connectivity index (χ2n) is 4.14. The molecule has 0 spiro atoms. The molecule has 0 radical (unpaired) electrons. The smallest absolute Gasteiger partial charge is 0.331 e. The lowest BCUT2D eigenvalue weighted by atomic mass is 10.1. The first-order valence-corrected chi connectivity index (χ1v) is 7.11. The zero-order valence-corrected chi connectivity index (χ0v) is 12.5. The van der Waals surface area contributed by atoms with Crippen molar-refractivity contribution in [1.82, 2.24) is 4.90 Å². The number of nitrogens with zero attached hydrogens (tertiary/aromatic N) is 1. The predicted molar refractivity (Wildman–Crippen MR) is 73.6 cm³/mol. The number of aliphatic carboxylic acids is 1. The first-order valence-electron chi connectivity index (χ1n) is 5.41. The monoisotopic (exact) mass is 375 g/mol. The Morgan fingerprint density at radius 2 is 2.22 bits per heavy atom. The fourth-order valence-electron chi connectivity index (χ4n) is 2.07. The normalized spacial score (nSPS) is 21.1. The first kappa shape index (κ1) is 13.5. The van der Waals surface area contributed by atoms with E-state index in [0.29, 0.717) is 18.5 Å². The van der Waals surface area contributed by atoms with Crippen molar-refractivity contribution >= 4 is 43.7 Å². The van der Waals surface area contributed by atoms with Crippen molar-refractivity contribution in [2.75, 3.05) is 6.54 Å². The lowest BCUT2D eigenvalue weighted by molar-refractivity contribution is -0.148. The molecule has 96 valence electrons. The van der Waals surface area contributed by atoms with Crippen LogP contribution < -0.4 is 0 Å². The van der Waals surface area contributed by atoms with Crippen molar-refractivity contribution in [1.29, 1.82) is 0 Å². The first-order chi connectivity index (χ1) is 8.49. The zero-order chi connectivity index (χ0) is 13.3. The summed E-state index contributed by atoms with van der Waals surface area (Å²) in [4.78, 5) is 24.7. The van der Waals surface area contributed by atoms with E-state index in [1.165, 1.54) is 4.90 Å². The third-order valence-corrected chi connectivity index (χ3v) is 3.93. The summed E-state index contributed by atoms with van der Waals surface area (Å²) in [7, 11) is 0. The number of benzene rings is 1. The molecule has 2 unspecified atom stereocenters. The van der Waals surface area contributed by atoms with Crippen molar-refractivity contribution < 1.29 is 14.7 Å². The van der Waals surface area contributed by atoms with Gasteiger partial charge in [-0.3, -0.25) is 4.79 Å². The molecule has 1 aromatic rings. The minimum Gasteiger partial charge on any atom is -0.479 e. The number of amides is 1. The van der Waals surface area contributed by atoms with Crippen molar-refractivity contribution in [3.05, 3.63) is 34.3 Å². The topological polar surface area (TPSA) is 57.6 Å². The number of carboxylic acid groups (broad SMARTS) is 1. The van der Waals surface area contributed by atoms with Crippen LogP contribution in [0.3, 0.4) is 0 Å². The Morgan fingerprint density at radius 1 is 1.50 bits per heavy atom. The van der Waals surface area contributed by atoms with Gasteiger partial charge in [-0.15, -0.1) is 0 Å². The largest absolute Gasteiger partial charge is 0.479 e. The van der Waals surface area contributed by atoms with E-state index in [1.54, 1.807) is 18.2 Å². The molecule has 1 saturated heterocycles. The summed E-state index contributed by atoms with van der Waals surface area (Å²) < 4.78 is 0.799. The lowest BCUT2D eigenvalue weighted by Crippen LogP contribution is -2.35. The highest BCUT2D eigenvalue weighted by Crippen LogP contribution is 2.30. The van der Waals surface area contributed by atoms with Gasteiger partial charge in [-0.25, -0.2) is 4.79 Å². The standard InChI is InChI=1S/C12H11Br2NO3/c13-8-3-1-2-7(4-8)11(12(17)18)15-6-9(14)5-10(15)16/h1-4,9,11H,5-6H2,(H,17,18). The molecule has 2 atom stereocenters. The molecular weight excluding hydrogens is 366 g/mol. The van der Waals surface area contributed by atoms with Crippen molar-refractivity contribution in [2.45, 2.75) is 17.3 Å². The third kappa shape index (κ3) is 2.75. The second kappa shape index (κ2) is 5.40. The van der Waals surface area contributed by atoms with Gasteiger partial charge in [0.25, 0.3) is 0 Å². The number of hydrogen-bond donors (Lipinski definition) is 1. The molecule has 1 amide bonds. The molecule has 1 aliphatic heterocycles. The third-order valence-electron chi connectivity index (χ3n) is 2.82. The number of likely N-dealkylation sites (tertiary alicyclic amines) is 1. The van der Waals surface area contributed by atoms with Gasteiger partial charge in [0.15, 0.2) is 6.04 Å². The second-order valence-corrected chi connectivity index (χ2v) is 6.35. The van der Waals surface area contributed by atoms with Gasteiger partial charge >= 0.3 is 5.97 Å². The summed E-state index contributed by atoms with van der Waals surface area (Å²) in [6.07, 6.45) is 0.345. The summed E-state index contributed by atoms with van der Waals surface area (Å²) in [5.74, 6) is -1.15. The number of hydrogen-bond acceptors (Lipinski definition) is 2. The summed E-state index contributed by atoms with van der Waals surface area (Å²) in [5.41, 5.74) is 0.604. The van der Waals surface area contributed by atoms with Crippen LogP contribution in [0.1, 0.15) is 18.0 Å². The molecule has 0 bridgehead atoms. The fraction of sp³-hybridized carbons (Fsp3) is 0.333. The van der Waals surface area contributed by atoms with Gasteiger partial charge in [-0.05, 0) is 17.7 Å². The summed E-state index contributed by atoms with van der Waals surface area (Å²) in [5, 5.41) is 9.36. The van der Waals surface area contributed by atoms with Crippen LogP contribution in [0.15, 0.2) is 28.7 Å². The maximum Gasteiger partial charge on any atom is 0.331 e. The van der Waals surface area contributed by atoms with E-state index >= 15 is 0 Å². The van der Waals surface area contributed by atoms with E-state index < -0.39 is 12.0 Å². The Morgan fingerprint density at radius 3 is 2.72 bits per heavy atom. The van der Waals surface area contributed by atoms with E-state index in [-0.39, 0.29) is 10.7 Å². The van der Waals surface area contributed by atoms with E-state index in [2.05, 4.69) is 31.9 Å². The SMILES string of the molecule is O=C(O)C(c1cccc(Br)c1)N1CC(Br)CC1=O. The Bertz CT molecular complexity index is 492. The van der Waals surface area contributed by atoms with E-state index in [4.69, 9.17) is 0 Å². The van der Waals surface area contributed by atoms with Crippen LogP contribution in [0.2, 0.25) is 0 Å². The number of carbonyl (C=O) groups is 2. The highest BCUT2D eigenvalue weighted by Gasteiger charge is 2.37. The minimum absolute atomic E-state index is 0.0269. The minimum atomic E-state index is -1.01. The van der Waals surface area contributed by atoms with E-state index in [9.17, 15) is 14.7 Å². The number of carbonyl (C=O) groups excluding carboxylic acids is 1. The molecule has 6 heteroatoms. The van der Waals surface area contributed by atoms with Gasteiger partial charge in [0.1, 0.15) is 0 Å². The molecule has 1 aliphatic rings. The molecule has 0 aromatic heterocycles. The van der Waals surface area contributed by atoms with Crippen LogP contribution >= 0.6 is 31.9 Å². The lowest BCUT2D eigenvalue weighted by Gasteiger charge is -2.24. The summed E-state index contributed by atoms with van der Waals surface area (Å²) in [6, 6.07) is 6.12. The Kier molecular flexibility index (Phi) is 4.07. The maximum atomic E-state index is 11.8. The number of rotatable bonds is 3. The van der Waals surface area contributed by atoms with Crippen LogP contribution in [-0.2, 0) is 9.59 Å². The number of alkyl halides is 1. The number of carboxylic acids is 1. The molecule has 1 aromatic carbocycles. The molecule has 18 heavy (non-hydrogen) atoms. The van der Waals surface area contributed by atoms with Crippen LogP contribution in [0, 0.1) is 0 Å². The van der Waals surface area contributed by atoms with Crippen LogP contribution in [0.4, 0.5) is 0 Å². The molecule has 4 nitrogen and oxygen atoms in total. The average Bonchev–Trinajstić information content (AvgIpc) is 2.58. The van der Waals surface area contributed by atoms with Gasteiger partial charge in [-0.2, -0.15) is 0 Å².